The standard InChI is InChI=1S/C12H15NO.C4H8.C2H4O2.3C2H6/c1-9(2)13-14-11(4)12-8-6-5-7-10(12)3;1-4(2)3;1-2(3)4;3*1-2/h5-8H,4H2,1-3H3;1H2,2-3H3;1H3,(H,3,4);3*1-2H3. The fraction of sp³-hybridized carbons (Fsp3) is 0.500. The molecule has 0 aliphatic heterocycles. The van der Waals surface area contributed by atoms with E-state index in [1.807, 2.05) is 100 Å². The van der Waals surface area contributed by atoms with E-state index in [0.29, 0.717) is 5.76 Å². The number of oxime groups is 1. The first kappa shape index (κ1) is 36.5. The van der Waals surface area contributed by atoms with Crippen LogP contribution in [0, 0.1) is 6.92 Å². The molecule has 0 unspecified atom stereocenters. The largest absolute Gasteiger partial charge is 0.481 e. The van der Waals surface area contributed by atoms with Crippen LogP contribution in [0.3, 0.4) is 0 Å². The smallest absolute Gasteiger partial charge is 0.300 e. The number of rotatable bonds is 3. The van der Waals surface area contributed by atoms with Gasteiger partial charge in [-0.25, -0.2) is 0 Å². The van der Waals surface area contributed by atoms with Gasteiger partial charge in [-0.1, -0.05) is 83.1 Å². The fourth-order valence-electron chi connectivity index (χ4n) is 1.08. The second-order valence-corrected chi connectivity index (χ2v) is 5.09. The number of benzene rings is 1. The van der Waals surface area contributed by atoms with Crippen LogP contribution in [0.25, 0.3) is 5.76 Å². The predicted molar refractivity (Wildman–Crippen MR) is 128 cm³/mol. The summed E-state index contributed by atoms with van der Waals surface area (Å²) >= 11 is 0. The molecule has 0 fully saturated rings. The van der Waals surface area contributed by atoms with Crippen molar-refractivity contribution in [1.29, 1.82) is 0 Å². The normalized spacial score (nSPS) is 7.14. The molecule has 0 aromatic heterocycles. The number of aliphatic carboxylic acids is 1. The van der Waals surface area contributed by atoms with Crippen molar-refractivity contribution in [3.8, 4) is 0 Å². The molecule has 0 aliphatic carbocycles. The van der Waals surface area contributed by atoms with E-state index < -0.39 is 5.97 Å². The number of aryl methyl sites for hydroxylation is 1. The summed E-state index contributed by atoms with van der Waals surface area (Å²) in [7, 11) is 0. The minimum Gasteiger partial charge on any atom is -0.481 e. The highest BCUT2D eigenvalue weighted by atomic mass is 16.6. The number of allylic oxidation sites excluding steroid dienone is 1. The summed E-state index contributed by atoms with van der Waals surface area (Å²) in [6.07, 6.45) is 0. The highest BCUT2D eigenvalue weighted by molar-refractivity contribution is 5.78. The van der Waals surface area contributed by atoms with Crippen LogP contribution in [-0.4, -0.2) is 16.8 Å². The van der Waals surface area contributed by atoms with E-state index in [-0.39, 0.29) is 0 Å². The van der Waals surface area contributed by atoms with Crippen LogP contribution in [0.1, 0.15) is 87.3 Å². The van der Waals surface area contributed by atoms with Crippen molar-refractivity contribution in [3.63, 3.8) is 0 Å². The molecule has 0 saturated carbocycles. The SMILES string of the molecule is C=C(C)C.C=C(ON=C(C)C)c1ccccc1C.CC.CC.CC.CC(=O)O. The molecular weight excluding hydrogens is 350 g/mol. The van der Waals surface area contributed by atoms with Crippen LogP contribution < -0.4 is 0 Å². The van der Waals surface area contributed by atoms with Crippen molar-refractivity contribution in [1.82, 2.24) is 0 Å². The molecule has 1 aromatic carbocycles. The van der Waals surface area contributed by atoms with Crippen LogP contribution in [0.4, 0.5) is 0 Å². The third-order valence-electron chi connectivity index (χ3n) is 1.78. The Bertz CT molecular complexity index is 508. The average Bonchev–Trinajstić information content (AvgIpc) is 2.64. The monoisotopic (exact) mass is 395 g/mol. The van der Waals surface area contributed by atoms with Gasteiger partial charge < -0.3 is 9.94 Å². The minimum atomic E-state index is -0.833. The molecule has 0 heterocycles. The summed E-state index contributed by atoms with van der Waals surface area (Å²) < 4.78 is 0. The molecule has 0 bridgehead atoms. The van der Waals surface area contributed by atoms with Gasteiger partial charge in [0.15, 0.2) is 5.76 Å². The van der Waals surface area contributed by atoms with Crippen LogP contribution in [0.15, 0.2) is 48.2 Å². The van der Waals surface area contributed by atoms with Crippen molar-refractivity contribution in [2.75, 3.05) is 0 Å². The van der Waals surface area contributed by atoms with Gasteiger partial charge >= 0.3 is 0 Å². The van der Waals surface area contributed by atoms with Crippen LogP contribution >= 0.6 is 0 Å². The molecule has 4 heteroatoms. The number of carbonyl (C=O) groups is 1. The lowest BCUT2D eigenvalue weighted by molar-refractivity contribution is -0.134. The number of carboxylic acids is 1. The van der Waals surface area contributed by atoms with Gasteiger partial charge in [0.05, 0.1) is 5.71 Å². The zero-order chi connectivity index (χ0) is 23.7. The van der Waals surface area contributed by atoms with Crippen molar-refractivity contribution in [3.05, 3.63) is 54.1 Å². The summed E-state index contributed by atoms with van der Waals surface area (Å²) in [5.74, 6) is -0.246. The lowest BCUT2D eigenvalue weighted by Gasteiger charge is -2.06. The third-order valence-corrected chi connectivity index (χ3v) is 1.78. The highest BCUT2D eigenvalue weighted by Gasteiger charge is 2.02. The first-order valence-corrected chi connectivity index (χ1v) is 9.82. The number of nitrogens with zero attached hydrogens (tertiary/aromatic N) is 1. The molecule has 28 heavy (non-hydrogen) atoms. The van der Waals surface area contributed by atoms with Gasteiger partial charge in [0, 0.05) is 12.5 Å². The fourth-order valence-corrected chi connectivity index (χ4v) is 1.08. The molecule has 1 aromatic rings. The van der Waals surface area contributed by atoms with E-state index in [0.717, 1.165) is 23.8 Å². The lowest BCUT2D eigenvalue weighted by Crippen LogP contribution is -1.90. The van der Waals surface area contributed by atoms with Crippen LogP contribution in [0.2, 0.25) is 0 Å². The van der Waals surface area contributed by atoms with E-state index in [9.17, 15) is 0 Å². The van der Waals surface area contributed by atoms with Crippen LogP contribution in [0.5, 0.6) is 0 Å². The van der Waals surface area contributed by atoms with Crippen molar-refractivity contribution in [2.24, 2.45) is 5.16 Å². The summed E-state index contributed by atoms with van der Waals surface area (Å²) in [6, 6.07) is 7.93. The van der Waals surface area contributed by atoms with E-state index in [4.69, 9.17) is 14.7 Å². The Kier molecular flexibility index (Phi) is 38.4. The van der Waals surface area contributed by atoms with Crippen molar-refractivity contribution in [2.45, 2.75) is 83.1 Å². The molecule has 1 N–H and O–H groups in total. The Morgan fingerprint density at radius 2 is 1.21 bits per heavy atom. The van der Waals surface area contributed by atoms with Gasteiger partial charge in [-0.2, -0.15) is 0 Å². The van der Waals surface area contributed by atoms with E-state index >= 15 is 0 Å². The molecule has 0 atom stereocenters. The van der Waals surface area contributed by atoms with Crippen molar-refractivity contribution >= 4 is 17.4 Å². The average molecular weight is 396 g/mol. The Morgan fingerprint density at radius 1 is 0.893 bits per heavy atom. The van der Waals surface area contributed by atoms with Crippen LogP contribution in [-0.2, 0) is 9.63 Å². The molecule has 0 aliphatic rings. The minimum absolute atomic E-state index is 0.587. The summed E-state index contributed by atoms with van der Waals surface area (Å²) in [5.41, 5.74) is 4.18. The Labute approximate surface area is 175 Å². The Balaban J connectivity index is -0.000000105. The van der Waals surface area contributed by atoms with Gasteiger partial charge in [-0.05, 0) is 40.2 Å². The topological polar surface area (TPSA) is 58.9 Å². The zero-order valence-corrected chi connectivity index (χ0v) is 20.4. The summed E-state index contributed by atoms with van der Waals surface area (Å²) in [6.45, 7) is 30.2. The van der Waals surface area contributed by atoms with Crippen molar-refractivity contribution < 1.29 is 14.7 Å². The number of carboxylic acid groups (broad SMARTS) is 1. The van der Waals surface area contributed by atoms with Gasteiger partial charge in [-0.15, -0.1) is 6.58 Å². The first-order valence-electron chi connectivity index (χ1n) is 9.82. The maximum absolute atomic E-state index is 9.00. The molecular formula is C24H45NO3. The van der Waals surface area contributed by atoms with E-state index in [1.165, 1.54) is 5.57 Å². The second-order valence-electron chi connectivity index (χ2n) is 5.09. The summed E-state index contributed by atoms with van der Waals surface area (Å²) in [4.78, 5) is 14.2. The number of hydrogen-bond donors (Lipinski definition) is 1. The maximum atomic E-state index is 9.00. The third kappa shape index (κ3) is 38.9. The Hall–Kier alpha value is -2.36. The molecule has 4 nitrogen and oxygen atoms in total. The second kappa shape index (κ2) is 29.4. The Morgan fingerprint density at radius 3 is 1.50 bits per heavy atom. The lowest BCUT2D eigenvalue weighted by atomic mass is 10.1. The molecule has 0 saturated heterocycles. The highest BCUT2D eigenvalue weighted by Crippen LogP contribution is 2.17. The van der Waals surface area contributed by atoms with Gasteiger partial charge in [-0.3, -0.25) is 4.79 Å². The quantitative estimate of drug-likeness (QED) is 0.243. The van der Waals surface area contributed by atoms with Gasteiger partial charge in [0.1, 0.15) is 0 Å². The van der Waals surface area contributed by atoms with Gasteiger partial charge in [0.2, 0.25) is 0 Å². The molecule has 0 amide bonds. The first-order chi connectivity index (χ1) is 13.1. The van der Waals surface area contributed by atoms with E-state index in [2.05, 4.69) is 18.3 Å². The van der Waals surface area contributed by atoms with E-state index in [1.54, 1.807) is 0 Å². The maximum Gasteiger partial charge on any atom is 0.300 e. The molecule has 0 radical (unpaired) electrons. The predicted octanol–water partition coefficient (Wildman–Crippen LogP) is 8.13. The summed E-state index contributed by atoms with van der Waals surface area (Å²) in [5, 5.41) is 11.3. The zero-order valence-electron chi connectivity index (χ0n) is 20.4. The molecule has 1 rings (SSSR count). The number of hydrogen-bond acceptors (Lipinski definition) is 3. The molecule has 0 spiro atoms. The molecule has 164 valence electrons. The van der Waals surface area contributed by atoms with Gasteiger partial charge in [0.25, 0.3) is 5.97 Å².